The summed E-state index contributed by atoms with van der Waals surface area (Å²) in [5.41, 5.74) is 3.00. The van der Waals surface area contributed by atoms with Gasteiger partial charge in [-0.1, -0.05) is 109 Å². The molecule has 8 nitrogen and oxygen atoms in total. The van der Waals surface area contributed by atoms with E-state index in [1.165, 1.54) is 0 Å². The highest BCUT2D eigenvalue weighted by Crippen LogP contribution is 2.49. The van der Waals surface area contributed by atoms with Gasteiger partial charge >= 0.3 is 12.1 Å². The highest BCUT2D eigenvalue weighted by Gasteiger charge is 2.63. The van der Waals surface area contributed by atoms with Gasteiger partial charge in [-0.2, -0.15) is 0 Å². The Kier molecular flexibility index (Phi) is 8.05. The van der Waals surface area contributed by atoms with Crippen molar-refractivity contribution in [3.05, 3.63) is 132 Å². The number of hydroxylamine groups is 2. The molecular formula is C44H39N2O6. The van der Waals surface area contributed by atoms with E-state index in [0.29, 0.717) is 11.1 Å². The largest absolute Gasteiger partial charge is 0.507 e. The summed E-state index contributed by atoms with van der Waals surface area (Å²) in [4.78, 5) is 28.1. The molecule has 1 aliphatic heterocycles. The number of benzene rings is 6. The molecule has 6 aromatic rings. The first-order chi connectivity index (χ1) is 25.0. The third kappa shape index (κ3) is 5.29. The molecule has 2 atom stereocenters. The number of hydrogen-bond donors (Lipinski definition) is 2. The van der Waals surface area contributed by atoms with Crippen LogP contribution in [0.5, 0.6) is 11.5 Å². The maximum Gasteiger partial charge on any atom is 0.407 e. The molecule has 0 spiro atoms. The van der Waals surface area contributed by atoms with Gasteiger partial charge in [0, 0.05) is 17.0 Å². The molecule has 1 amide bonds. The Hall–Kier alpha value is -5.70. The zero-order valence-electron chi connectivity index (χ0n) is 29.4. The number of carbonyl (C=O) groups excluding carboxylic acids is 2. The zero-order chi connectivity index (χ0) is 36.4. The molecule has 1 radical (unpaired) electrons. The van der Waals surface area contributed by atoms with Crippen LogP contribution >= 0.6 is 0 Å². The summed E-state index contributed by atoms with van der Waals surface area (Å²) in [5.74, 6) is -1.65. The van der Waals surface area contributed by atoms with Crippen LogP contribution in [-0.4, -0.2) is 46.0 Å². The number of rotatable bonds is 6. The number of esters is 1. The molecule has 0 unspecified atom stereocenters. The summed E-state index contributed by atoms with van der Waals surface area (Å²) < 4.78 is 12.2. The fraction of sp³-hybridized carbons (Fsp3) is 0.227. The van der Waals surface area contributed by atoms with Crippen molar-refractivity contribution in [2.75, 3.05) is 6.61 Å². The topological polar surface area (TPSA) is 108 Å². The quantitative estimate of drug-likeness (QED) is 0.133. The standard InChI is InChI=1S/C44H39N2O6/c1-43(2)39(40(44(3,4)46(43)50)45-42(49)51-25-34-32-19-11-9-17-30(32)31-18-10-12-20-33(31)34)41(48)52-36-24-22-27-14-6-8-16-29(27)38(36)37-28-15-7-5-13-26(28)21-23-35(37)47/h5-24,34,39-40,47H,25H2,1-4H3,(H,45,49)/t39-,40+/m0/s1. The van der Waals surface area contributed by atoms with Crippen molar-refractivity contribution >= 4 is 33.6 Å². The number of alkyl carbamates (subject to hydrolysis) is 1. The average Bonchev–Trinajstić information content (AvgIpc) is 3.53. The van der Waals surface area contributed by atoms with Crippen LogP contribution in [0, 0.1) is 5.92 Å². The van der Waals surface area contributed by atoms with E-state index < -0.39 is 35.1 Å². The molecule has 1 saturated heterocycles. The Labute approximate surface area is 302 Å². The zero-order valence-corrected chi connectivity index (χ0v) is 29.4. The van der Waals surface area contributed by atoms with E-state index in [4.69, 9.17) is 9.47 Å². The summed E-state index contributed by atoms with van der Waals surface area (Å²) in [7, 11) is 0. The summed E-state index contributed by atoms with van der Waals surface area (Å²) >= 11 is 0. The van der Waals surface area contributed by atoms with Crippen molar-refractivity contribution in [2.45, 2.75) is 50.7 Å². The fourth-order valence-corrected chi connectivity index (χ4v) is 8.55. The molecule has 1 aliphatic carbocycles. The third-order valence-corrected chi connectivity index (χ3v) is 11.0. The van der Waals surface area contributed by atoms with Crippen molar-refractivity contribution < 1.29 is 29.4 Å². The van der Waals surface area contributed by atoms with E-state index >= 15 is 0 Å². The van der Waals surface area contributed by atoms with Gasteiger partial charge in [-0.25, -0.2) is 4.79 Å². The number of nitrogens with one attached hydrogen (secondary N) is 1. The summed E-state index contributed by atoms with van der Waals surface area (Å²) in [6.45, 7) is 6.87. The van der Waals surface area contributed by atoms with Crippen LogP contribution in [0.1, 0.15) is 44.7 Å². The van der Waals surface area contributed by atoms with Crippen molar-refractivity contribution in [3.8, 4) is 33.8 Å². The van der Waals surface area contributed by atoms with Gasteiger partial charge in [0.05, 0.1) is 23.0 Å². The summed E-state index contributed by atoms with van der Waals surface area (Å²) in [6.07, 6.45) is -0.726. The molecule has 8 heteroatoms. The Morgan fingerprint density at radius 1 is 0.692 bits per heavy atom. The number of amides is 1. The lowest BCUT2D eigenvalue weighted by Gasteiger charge is -2.33. The van der Waals surface area contributed by atoms with E-state index in [1.807, 2.05) is 97.1 Å². The molecule has 2 N–H and O–H groups in total. The molecule has 52 heavy (non-hydrogen) atoms. The fourth-order valence-electron chi connectivity index (χ4n) is 8.55. The van der Waals surface area contributed by atoms with Crippen molar-refractivity contribution in [2.24, 2.45) is 5.92 Å². The number of hydrogen-bond acceptors (Lipinski definition) is 6. The minimum Gasteiger partial charge on any atom is -0.507 e. The predicted octanol–water partition coefficient (Wildman–Crippen LogP) is 9.01. The predicted molar refractivity (Wildman–Crippen MR) is 200 cm³/mol. The van der Waals surface area contributed by atoms with Crippen LogP contribution < -0.4 is 10.1 Å². The van der Waals surface area contributed by atoms with Gasteiger partial charge in [0.25, 0.3) is 0 Å². The first-order valence-corrected chi connectivity index (χ1v) is 17.5. The Balaban J connectivity index is 1.12. The van der Waals surface area contributed by atoms with Gasteiger partial charge < -0.3 is 19.9 Å². The third-order valence-electron chi connectivity index (χ3n) is 11.0. The van der Waals surface area contributed by atoms with Crippen LogP contribution in [0.3, 0.4) is 0 Å². The Morgan fingerprint density at radius 2 is 1.23 bits per heavy atom. The number of fused-ring (bicyclic) bond motifs is 5. The first-order valence-electron chi connectivity index (χ1n) is 17.5. The lowest BCUT2D eigenvalue weighted by Crippen LogP contribution is -2.54. The number of nitrogens with zero attached hydrogens (tertiary/aromatic N) is 1. The van der Waals surface area contributed by atoms with Gasteiger partial charge in [0.2, 0.25) is 0 Å². The van der Waals surface area contributed by atoms with Gasteiger partial charge in [-0.3, -0.25) is 4.79 Å². The van der Waals surface area contributed by atoms with Crippen molar-refractivity contribution in [1.82, 2.24) is 10.4 Å². The molecule has 1 heterocycles. The molecular weight excluding hydrogens is 652 g/mol. The van der Waals surface area contributed by atoms with Gasteiger partial charge in [0.15, 0.2) is 0 Å². The molecule has 1 fully saturated rings. The van der Waals surface area contributed by atoms with E-state index in [0.717, 1.165) is 48.9 Å². The number of carbonyl (C=O) groups is 2. The van der Waals surface area contributed by atoms with Gasteiger partial charge in [-0.05, 0) is 83.6 Å². The van der Waals surface area contributed by atoms with Crippen LogP contribution in [0.25, 0.3) is 43.8 Å². The summed E-state index contributed by atoms with van der Waals surface area (Å²) in [5, 5.41) is 32.4. The number of ether oxygens (including phenoxy) is 2. The Bertz CT molecular complexity index is 2340. The first kappa shape index (κ1) is 33.4. The van der Waals surface area contributed by atoms with E-state index in [2.05, 4.69) is 17.4 Å². The number of phenols is 1. The second-order valence-corrected chi connectivity index (χ2v) is 14.8. The summed E-state index contributed by atoms with van der Waals surface area (Å²) in [6, 6.07) is 37.7. The minimum absolute atomic E-state index is 0.0372. The molecule has 261 valence electrons. The lowest BCUT2D eigenvalue weighted by molar-refractivity contribution is -0.249. The lowest BCUT2D eigenvalue weighted by atomic mass is 9.82. The normalized spacial score (nSPS) is 18.9. The second kappa shape index (κ2) is 12.5. The molecule has 6 aromatic carbocycles. The molecule has 2 aliphatic rings. The molecule has 0 aromatic heterocycles. The minimum atomic E-state index is -1.26. The van der Waals surface area contributed by atoms with E-state index in [1.54, 1.807) is 39.8 Å². The van der Waals surface area contributed by atoms with Gasteiger partial charge in [0.1, 0.15) is 18.1 Å². The molecule has 0 saturated carbocycles. The van der Waals surface area contributed by atoms with Crippen LogP contribution in [0.2, 0.25) is 0 Å². The van der Waals surface area contributed by atoms with E-state index in [9.17, 15) is 19.9 Å². The molecule has 0 bridgehead atoms. The second-order valence-electron chi connectivity index (χ2n) is 14.8. The van der Waals surface area contributed by atoms with Crippen LogP contribution in [-0.2, 0) is 14.7 Å². The smallest absolute Gasteiger partial charge is 0.407 e. The highest BCUT2D eigenvalue weighted by molar-refractivity contribution is 6.10. The maximum absolute atomic E-state index is 14.5. The monoisotopic (exact) mass is 691 g/mol. The highest BCUT2D eigenvalue weighted by atomic mass is 16.6. The van der Waals surface area contributed by atoms with Crippen molar-refractivity contribution in [3.63, 3.8) is 0 Å². The SMILES string of the molecule is CC1(C)[C@H](NC(=O)OCC2c3ccccc3-c3ccccc32)[C@@H](C(=O)Oc2ccc3ccccc3c2-c2c(O)ccc3ccccc23)C(C)(C)N1[O]. The number of aromatic hydroxyl groups is 1. The van der Waals surface area contributed by atoms with Crippen LogP contribution in [0.15, 0.2) is 121 Å². The number of phenolic OH excluding ortho intramolecular Hbond substituents is 1. The Morgan fingerprint density at radius 3 is 1.87 bits per heavy atom. The molecule has 8 rings (SSSR count). The van der Waals surface area contributed by atoms with Crippen molar-refractivity contribution in [1.29, 1.82) is 0 Å². The van der Waals surface area contributed by atoms with E-state index in [-0.39, 0.29) is 24.0 Å². The maximum atomic E-state index is 14.5. The van der Waals surface area contributed by atoms with Gasteiger partial charge in [-0.15, -0.1) is 10.3 Å². The average molecular weight is 692 g/mol. The van der Waals surface area contributed by atoms with Crippen LogP contribution in [0.4, 0.5) is 4.79 Å².